The minimum absolute atomic E-state index is 0.139. The van der Waals surface area contributed by atoms with Crippen LogP contribution in [0.4, 0.5) is 0 Å². The van der Waals surface area contributed by atoms with Crippen LogP contribution in [-0.4, -0.2) is 18.1 Å². The first-order valence-electron chi connectivity index (χ1n) is 5.33. The molecule has 0 aliphatic carbocycles. The van der Waals surface area contributed by atoms with E-state index < -0.39 is 5.97 Å². The number of carbonyl (C=O) groups is 1. The van der Waals surface area contributed by atoms with E-state index in [0.717, 1.165) is 0 Å². The predicted octanol–water partition coefficient (Wildman–Crippen LogP) is 5.15. The van der Waals surface area contributed by atoms with Crippen molar-refractivity contribution in [2.75, 3.05) is 7.11 Å². The van der Waals surface area contributed by atoms with Crippen molar-refractivity contribution in [3.8, 4) is 11.3 Å². The number of methoxy groups -OCH3 is 1. The van der Waals surface area contributed by atoms with E-state index in [4.69, 9.17) is 46.4 Å². The fraction of sp³-hybridized carbons (Fsp3) is 0.0769. The Hall–Kier alpha value is -1.000. The number of esters is 1. The molecule has 7 heteroatoms. The highest BCUT2D eigenvalue weighted by molar-refractivity contribution is 6.44. The van der Waals surface area contributed by atoms with Crippen molar-refractivity contribution in [1.82, 2.24) is 4.98 Å². The van der Waals surface area contributed by atoms with Gasteiger partial charge in [0.15, 0.2) is 0 Å². The second-order valence-corrected chi connectivity index (χ2v) is 5.36. The van der Waals surface area contributed by atoms with Crippen LogP contribution in [-0.2, 0) is 4.74 Å². The van der Waals surface area contributed by atoms with Crippen molar-refractivity contribution in [3.05, 3.63) is 50.0 Å². The topological polar surface area (TPSA) is 39.2 Å². The fourth-order valence-electron chi connectivity index (χ4n) is 1.60. The lowest BCUT2D eigenvalue weighted by molar-refractivity contribution is 0.0601. The van der Waals surface area contributed by atoms with Gasteiger partial charge in [0, 0.05) is 11.8 Å². The summed E-state index contributed by atoms with van der Waals surface area (Å²) in [5.74, 6) is -0.560. The molecular weight excluding hydrogens is 344 g/mol. The molecule has 2 rings (SSSR count). The standard InChI is InChI=1S/C13H7Cl4NO2/c1-20-13(19)6-2-3-18-12(11(6)17)7-4-9(15)10(16)5-8(7)14/h2-5H,1H3. The Morgan fingerprint density at radius 2 is 1.75 bits per heavy atom. The van der Waals surface area contributed by atoms with Gasteiger partial charge in [-0.2, -0.15) is 0 Å². The number of benzene rings is 1. The van der Waals surface area contributed by atoms with Crippen LogP contribution in [0.15, 0.2) is 24.4 Å². The molecular formula is C13H7Cl4NO2. The maximum atomic E-state index is 11.6. The van der Waals surface area contributed by atoms with Gasteiger partial charge in [-0.3, -0.25) is 4.98 Å². The van der Waals surface area contributed by atoms with Crippen LogP contribution < -0.4 is 0 Å². The molecule has 0 fully saturated rings. The lowest BCUT2D eigenvalue weighted by Gasteiger charge is -2.10. The Balaban J connectivity index is 2.65. The van der Waals surface area contributed by atoms with Crippen LogP contribution in [0, 0.1) is 0 Å². The summed E-state index contributed by atoms with van der Waals surface area (Å²) < 4.78 is 4.65. The normalized spacial score (nSPS) is 10.4. The molecule has 1 aromatic heterocycles. The number of ether oxygens (including phenoxy) is 1. The smallest absolute Gasteiger partial charge is 0.339 e. The van der Waals surface area contributed by atoms with Crippen molar-refractivity contribution < 1.29 is 9.53 Å². The highest BCUT2D eigenvalue weighted by Crippen LogP contribution is 2.38. The molecule has 0 N–H and O–H groups in total. The van der Waals surface area contributed by atoms with E-state index in [1.54, 1.807) is 6.07 Å². The van der Waals surface area contributed by atoms with E-state index in [0.29, 0.717) is 26.3 Å². The van der Waals surface area contributed by atoms with Gasteiger partial charge in [-0.25, -0.2) is 4.79 Å². The molecule has 0 bridgehead atoms. The van der Waals surface area contributed by atoms with Crippen molar-refractivity contribution in [2.24, 2.45) is 0 Å². The SMILES string of the molecule is COC(=O)c1ccnc(-c2cc(Cl)c(Cl)cc2Cl)c1Cl. The highest BCUT2D eigenvalue weighted by atomic mass is 35.5. The van der Waals surface area contributed by atoms with E-state index in [1.807, 2.05) is 0 Å². The summed E-state index contributed by atoms with van der Waals surface area (Å²) in [6, 6.07) is 4.49. The Kier molecular flexibility index (Phi) is 4.76. The number of aromatic nitrogens is 1. The molecule has 20 heavy (non-hydrogen) atoms. The third kappa shape index (κ3) is 2.86. The molecule has 1 heterocycles. The van der Waals surface area contributed by atoms with Crippen molar-refractivity contribution >= 4 is 52.4 Å². The zero-order chi connectivity index (χ0) is 14.9. The third-order valence-corrected chi connectivity index (χ3v) is 3.98. The summed E-state index contributed by atoms with van der Waals surface area (Å²) in [4.78, 5) is 15.7. The summed E-state index contributed by atoms with van der Waals surface area (Å²) in [7, 11) is 1.27. The summed E-state index contributed by atoms with van der Waals surface area (Å²) >= 11 is 24.1. The van der Waals surface area contributed by atoms with Crippen molar-refractivity contribution in [3.63, 3.8) is 0 Å². The summed E-state index contributed by atoms with van der Waals surface area (Å²) in [5.41, 5.74) is 1.01. The van der Waals surface area contributed by atoms with Gasteiger partial charge in [0.25, 0.3) is 0 Å². The van der Waals surface area contributed by atoms with Crippen molar-refractivity contribution in [1.29, 1.82) is 0 Å². The quantitative estimate of drug-likeness (QED) is 0.555. The first-order chi connectivity index (χ1) is 9.45. The molecule has 3 nitrogen and oxygen atoms in total. The van der Waals surface area contributed by atoms with Crippen LogP contribution in [0.1, 0.15) is 10.4 Å². The molecule has 2 aromatic rings. The molecule has 104 valence electrons. The maximum Gasteiger partial charge on any atom is 0.339 e. The number of hydrogen-bond acceptors (Lipinski definition) is 3. The van der Waals surface area contributed by atoms with Gasteiger partial charge in [-0.05, 0) is 18.2 Å². The second-order valence-electron chi connectivity index (χ2n) is 3.76. The molecule has 0 unspecified atom stereocenters. The molecule has 0 aliphatic rings. The van der Waals surface area contributed by atoms with E-state index in [9.17, 15) is 4.79 Å². The van der Waals surface area contributed by atoms with E-state index in [2.05, 4.69) is 9.72 Å². The fourth-order valence-corrected chi connectivity index (χ4v) is 2.53. The molecule has 0 aliphatic heterocycles. The van der Waals surface area contributed by atoms with Gasteiger partial charge >= 0.3 is 5.97 Å². The minimum atomic E-state index is -0.560. The second kappa shape index (κ2) is 6.19. The zero-order valence-corrected chi connectivity index (χ0v) is 13.1. The zero-order valence-electron chi connectivity index (χ0n) is 10.1. The maximum absolute atomic E-state index is 11.6. The molecule has 0 radical (unpaired) electrons. The Labute approximate surface area is 135 Å². The first kappa shape index (κ1) is 15.4. The van der Waals surface area contributed by atoms with Crippen LogP contribution in [0.3, 0.4) is 0 Å². The van der Waals surface area contributed by atoms with Gasteiger partial charge in [-0.1, -0.05) is 46.4 Å². The lowest BCUT2D eigenvalue weighted by atomic mass is 10.1. The van der Waals surface area contributed by atoms with Gasteiger partial charge < -0.3 is 4.74 Å². The largest absolute Gasteiger partial charge is 0.465 e. The van der Waals surface area contributed by atoms with Gasteiger partial charge in [0.2, 0.25) is 0 Å². The van der Waals surface area contributed by atoms with Gasteiger partial charge in [0.1, 0.15) is 0 Å². The monoisotopic (exact) mass is 349 g/mol. The van der Waals surface area contributed by atoms with E-state index in [-0.39, 0.29) is 10.6 Å². The Morgan fingerprint density at radius 3 is 2.40 bits per heavy atom. The first-order valence-corrected chi connectivity index (χ1v) is 6.84. The Morgan fingerprint density at radius 1 is 1.10 bits per heavy atom. The number of halogens is 4. The van der Waals surface area contributed by atoms with Crippen LogP contribution in [0.2, 0.25) is 20.1 Å². The third-order valence-electron chi connectivity index (χ3n) is 2.56. The molecule has 0 saturated heterocycles. The molecule has 1 aromatic carbocycles. The van der Waals surface area contributed by atoms with Crippen LogP contribution in [0.5, 0.6) is 0 Å². The summed E-state index contributed by atoms with van der Waals surface area (Å²) in [6.45, 7) is 0. The number of hydrogen-bond donors (Lipinski definition) is 0. The number of pyridine rings is 1. The molecule has 0 spiro atoms. The van der Waals surface area contributed by atoms with E-state index in [1.165, 1.54) is 25.4 Å². The average Bonchev–Trinajstić information content (AvgIpc) is 2.42. The molecule has 0 atom stereocenters. The molecule has 0 amide bonds. The number of nitrogens with zero attached hydrogens (tertiary/aromatic N) is 1. The number of rotatable bonds is 2. The van der Waals surface area contributed by atoms with Gasteiger partial charge in [-0.15, -0.1) is 0 Å². The van der Waals surface area contributed by atoms with Crippen LogP contribution in [0.25, 0.3) is 11.3 Å². The number of carbonyl (C=O) groups excluding carboxylic acids is 1. The van der Waals surface area contributed by atoms with E-state index >= 15 is 0 Å². The summed E-state index contributed by atoms with van der Waals surface area (Å²) in [5, 5.41) is 1.10. The lowest BCUT2D eigenvalue weighted by Crippen LogP contribution is -2.03. The van der Waals surface area contributed by atoms with Gasteiger partial charge in [0.05, 0.1) is 38.5 Å². The average molecular weight is 351 g/mol. The summed E-state index contributed by atoms with van der Waals surface area (Å²) in [6.07, 6.45) is 1.44. The Bertz CT molecular complexity index is 688. The van der Waals surface area contributed by atoms with Crippen LogP contribution >= 0.6 is 46.4 Å². The van der Waals surface area contributed by atoms with Crippen molar-refractivity contribution in [2.45, 2.75) is 0 Å². The minimum Gasteiger partial charge on any atom is -0.465 e. The highest BCUT2D eigenvalue weighted by Gasteiger charge is 2.18. The predicted molar refractivity (Wildman–Crippen MR) is 81.1 cm³/mol. The molecule has 0 saturated carbocycles.